The summed E-state index contributed by atoms with van der Waals surface area (Å²) >= 11 is 0. The summed E-state index contributed by atoms with van der Waals surface area (Å²) in [5.74, 6) is 0.445. The van der Waals surface area contributed by atoms with E-state index >= 15 is 0 Å². The summed E-state index contributed by atoms with van der Waals surface area (Å²) in [5, 5.41) is 0. The van der Waals surface area contributed by atoms with Gasteiger partial charge in [-0.25, -0.2) is 4.39 Å². The van der Waals surface area contributed by atoms with Crippen molar-refractivity contribution in [2.24, 2.45) is 0 Å². The highest BCUT2D eigenvalue weighted by Crippen LogP contribution is 2.25. The topological polar surface area (TPSA) is 35.2 Å². The number of benzene rings is 2. The van der Waals surface area contributed by atoms with E-state index in [2.05, 4.69) is 0 Å². The number of ether oxygens (including phenoxy) is 1. The van der Waals surface area contributed by atoms with Crippen molar-refractivity contribution in [3.8, 4) is 5.75 Å². The first kappa shape index (κ1) is 12.4. The van der Waals surface area contributed by atoms with Gasteiger partial charge in [0.25, 0.3) is 0 Å². The van der Waals surface area contributed by atoms with Crippen LogP contribution in [0.2, 0.25) is 0 Å². The second-order valence-electron chi connectivity index (χ2n) is 4.34. The van der Waals surface area contributed by atoms with Crippen molar-refractivity contribution in [2.45, 2.75) is 20.0 Å². The quantitative estimate of drug-likeness (QED) is 0.833. The van der Waals surface area contributed by atoms with Gasteiger partial charge in [0.1, 0.15) is 17.7 Å². The number of anilines is 1. The molecule has 2 rings (SSSR count). The van der Waals surface area contributed by atoms with Crippen LogP contribution in [0.1, 0.15) is 24.2 Å². The Morgan fingerprint density at radius 2 is 1.78 bits per heavy atom. The van der Waals surface area contributed by atoms with Crippen LogP contribution >= 0.6 is 0 Å². The third-order valence-electron chi connectivity index (χ3n) is 2.85. The van der Waals surface area contributed by atoms with Crippen molar-refractivity contribution in [3.63, 3.8) is 0 Å². The predicted octanol–water partition coefficient (Wildman–Crippen LogP) is 3.86. The molecule has 0 amide bonds. The second kappa shape index (κ2) is 5.08. The van der Waals surface area contributed by atoms with Gasteiger partial charge in [-0.1, -0.05) is 12.1 Å². The zero-order chi connectivity index (χ0) is 13.1. The van der Waals surface area contributed by atoms with Gasteiger partial charge in [0.05, 0.1) is 0 Å². The van der Waals surface area contributed by atoms with Gasteiger partial charge in [-0.2, -0.15) is 0 Å². The maximum atomic E-state index is 13.0. The van der Waals surface area contributed by atoms with E-state index in [-0.39, 0.29) is 11.9 Å². The van der Waals surface area contributed by atoms with Crippen LogP contribution in [0.3, 0.4) is 0 Å². The Hall–Kier alpha value is -2.03. The first-order chi connectivity index (χ1) is 8.56. The SMILES string of the molecule is Cc1cc(F)ccc1OC(C)c1ccc(N)cc1. The summed E-state index contributed by atoms with van der Waals surface area (Å²) in [4.78, 5) is 0. The minimum Gasteiger partial charge on any atom is -0.486 e. The molecule has 1 unspecified atom stereocenters. The third-order valence-corrected chi connectivity index (χ3v) is 2.85. The molecule has 0 aromatic heterocycles. The molecule has 0 aliphatic rings. The van der Waals surface area contributed by atoms with Crippen molar-refractivity contribution < 1.29 is 9.13 Å². The van der Waals surface area contributed by atoms with E-state index < -0.39 is 0 Å². The molecule has 3 heteroatoms. The Balaban J connectivity index is 2.15. The molecule has 0 aliphatic carbocycles. The van der Waals surface area contributed by atoms with E-state index in [1.54, 1.807) is 6.07 Å². The zero-order valence-electron chi connectivity index (χ0n) is 10.5. The average Bonchev–Trinajstić information content (AvgIpc) is 2.33. The lowest BCUT2D eigenvalue weighted by molar-refractivity contribution is 0.225. The van der Waals surface area contributed by atoms with Gasteiger partial charge in [-0.15, -0.1) is 0 Å². The van der Waals surface area contributed by atoms with Crippen molar-refractivity contribution in [3.05, 3.63) is 59.4 Å². The maximum Gasteiger partial charge on any atom is 0.123 e. The van der Waals surface area contributed by atoms with E-state index in [1.165, 1.54) is 12.1 Å². The summed E-state index contributed by atoms with van der Waals surface area (Å²) in [7, 11) is 0. The van der Waals surface area contributed by atoms with Gasteiger partial charge >= 0.3 is 0 Å². The normalized spacial score (nSPS) is 12.2. The number of hydrogen-bond donors (Lipinski definition) is 1. The number of nitrogen functional groups attached to an aromatic ring is 1. The summed E-state index contributed by atoms with van der Waals surface area (Å²) in [6, 6.07) is 12.1. The van der Waals surface area contributed by atoms with E-state index in [0.29, 0.717) is 5.75 Å². The highest BCUT2D eigenvalue weighted by Gasteiger charge is 2.09. The zero-order valence-corrected chi connectivity index (χ0v) is 10.5. The fourth-order valence-electron chi connectivity index (χ4n) is 1.77. The van der Waals surface area contributed by atoms with Crippen molar-refractivity contribution in [2.75, 3.05) is 5.73 Å². The summed E-state index contributed by atoms with van der Waals surface area (Å²) in [6.45, 7) is 3.78. The lowest BCUT2D eigenvalue weighted by Crippen LogP contribution is -2.04. The fraction of sp³-hybridized carbons (Fsp3) is 0.200. The minimum absolute atomic E-state index is 0.102. The minimum atomic E-state index is -0.250. The Bertz CT molecular complexity index is 537. The molecule has 0 saturated heterocycles. The second-order valence-corrected chi connectivity index (χ2v) is 4.34. The largest absolute Gasteiger partial charge is 0.486 e. The molecule has 2 aromatic carbocycles. The van der Waals surface area contributed by atoms with Crippen LogP contribution in [0.15, 0.2) is 42.5 Å². The third kappa shape index (κ3) is 2.80. The molecule has 0 fully saturated rings. The molecule has 0 aliphatic heterocycles. The average molecular weight is 245 g/mol. The monoisotopic (exact) mass is 245 g/mol. The van der Waals surface area contributed by atoms with Crippen LogP contribution in [0.25, 0.3) is 0 Å². The van der Waals surface area contributed by atoms with E-state index in [1.807, 2.05) is 38.1 Å². The van der Waals surface area contributed by atoms with Gasteiger partial charge in [0.2, 0.25) is 0 Å². The van der Waals surface area contributed by atoms with Crippen LogP contribution in [0, 0.1) is 12.7 Å². The molecule has 0 radical (unpaired) electrons. The van der Waals surface area contributed by atoms with E-state index in [9.17, 15) is 4.39 Å². The molecule has 18 heavy (non-hydrogen) atoms. The van der Waals surface area contributed by atoms with Crippen LogP contribution in [-0.2, 0) is 0 Å². The summed E-state index contributed by atoms with van der Waals surface area (Å²) < 4.78 is 18.8. The predicted molar refractivity (Wildman–Crippen MR) is 71.0 cm³/mol. The summed E-state index contributed by atoms with van der Waals surface area (Å²) in [5.41, 5.74) is 8.19. The lowest BCUT2D eigenvalue weighted by Gasteiger charge is -2.17. The Morgan fingerprint density at radius 1 is 1.11 bits per heavy atom. The van der Waals surface area contributed by atoms with Crippen LogP contribution < -0.4 is 10.5 Å². The molecule has 94 valence electrons. The molecular formula is C15H16FNO. The highest BCUT2D eigenvalue weighted by atomic mass is 19.1. The molecule has 2 aromatic rings. The smallest absolute Gasteiger partial charge is 0.123 e. The van der Waals surface area contributed by atoms with Crippen molar-refractivity contribution in [1.29, 1.82) is 0 Å². The van der Waals surface area contributed by atoms with Crippen molar-refractivity contribution in [1.82, 2.24) is 0 Å². The summed E-state index contributed by atoms with van der Waals surface area (Å²) in [6.07, 6.45) is -0.102. The number of nitrogens with two attached hydrogens (primary N) is 1. The molecule has 2 N–H and O–H groups in total. The van der Waals surface area contributed by atoms with E-state index in [4.69, 9.17) is 10.5 Å². The van der Waals surface area contributed by atoms with Crippen LogP contribution in [-0.4, -0.2) is 0 Å². The van der Waals surface area contributed by atoms with Crippen molar-refractivity contribution >= 4 is 5.69 Å². The number of halogens is 1. The molecule has 0 saturated carbocycles. The standard InChI is InChI=1S/C15H16FNO/c1-10-9-13(16)5-8-15(10)18-11(2)12-3-6-14(17)7-4-12/h3-9,11H,17H2,1-2H3. The molecule has 0 heterocycles. The first-order valence-electron chi connectivity index (χ1n) is 5.84. The lowest BCUT2D eigenvalue weighted by atomic mass is 10.1. The van der Waals surface area contributed by atoms with Gasteiger partial charge in [0, 0.05) is 5.69 Å². The van der Waals surface area contributed by atoms with Gasteiger partial charge in [-0.3, -0.25) is 0 Å². The number of aryl methyl sites for hydroxylation is 1. The molecule has 0 spiro atoms. The Morgan fingerprint density at radius 3 is 2.39 bits per heavy atom. The fourth-order valence-corrected chi connectivity index (χ4v) is 1.77. The molecule has 0 bridgehead atoms. The van der Waals surface area contributed by atoms with E-state index in [0.717, 1.165) is 16.8 Å². The molecule has 2 nitrogen and oxygen atoms in total. The Labute approximate surface area is 106 Å². The molecular weight excluding hydrogens is 229 g/mol. The van der Waals surface area contributed by atoms with Gasteiger partial charge in [-0.05, 0) is 55.3 Å². The Kier molecular flexibility index (Phi) is 3.51. The number of rotatable bonds is 3. The van der Waals surface area contributed by atoms with Crippen LogP contribution in [0.4, 0.5) is 10.1 Å². The van der Waals surface area contributed by atoms with Gasteiger partial charge < -0.3 is 10.5 Å². The van der Waals surface area contributed by atoms with Gasteiger partial charge in [0.15, 0.2) is 0 Å². The highest BCUT2D eigenvalue weighted by molar-refractivity contribution is 5.40. The first-order valence-corrected chi connectivity index (χ1v) is 5.84. The number of hydrogen-bond acceptors (Lipinski definition) is 2. The van der Waals surface area contributed by atoms with Crippen LogP contribution in [0.5, 0.6) is 5.75 Å². The molecule has 1 atom stereocenters. The maximum absolute atomic E-state index is 13.0.